The van der Waals surface area contributed by atoms with Crippen LogP contribution in [0.1, 0.15) is 148 Å². The lowest BCUT2D eigenvalue weighted by Gasteiger charge is -2.25. The lowest BCUT2D eigenvalue weighted by Crippen LogP contribution is -2.36. The van der Waals surface area contributed by atoms with Crippen LogP contribution in [0, 0.1) is 0 Å². The van der Waals surface area contributed by atoms with Crippen molar-refractivity contribution < 1.29 is 20.1 Å². The molecule has 0 rings (SSSR count). The van der Waals surface area contributed by atoms with Crippen molar-refractivity contribution in [2.75, 3.05) is 59.2 Å². The summed E-state index contributed by atoms with van der Waals surface area (Å²) in [6, 6.07) is 0.418. The smallest absolute Gasteiger partial charge is 0.0466 e. The first-order chi connectivity index (χ1) is 19.3. The maximum atomic E-state index is 9.17. The maximum Gasteiger partial charge on any atom is 0.0466 e. The molecular formula is C33H70N2O4. The number of aliphatic hydroxyl groups excluding tert-OH is 3. The Labute approximate surface area is 243 Å². The van der Waals surface area contributed by atoms with Gasteiger partial charge < -0.3 is 30.3 Å². The van der Waals surface area contributed by atoms with Gasteiger partial charge in [0, 0.05) is 52.2 Å². The predicted molar refractivity (Wildman–Crippen MR) is 168 cm³/mol. The molecule has 1 unspecified atom stereocenters. The highest BCUT2D eigenvalue weighted by Crippen LogP contribution is 2.14. The average Bonchev–Trinajstić information content (AvgIpc) is 2.95. The van der Waals surface area contributed by atoms with E-state index in [4.69, 9.17) is 20.1 Å². The molecule has 0 saturated heterocycles. The topological polar surface area (TPSA) is 85.2 Å². The van der Waals surface area contributed by atoms with Crippen molar-refractivity contribution in [2.45, 2.75) is 154 Å². The minimum Gasteiger partial charge on any atom is -0.396 e. The van der Waals surface area contributed by atoms with E-state index in [1.54, 1.807) is 0 Å². The van der Waals surface area contributed by atoms with E-state index in [1.807, 2.05) is 0 Å². The summed E-state index contributed by atoms with van der Waals surface area (Å²) in [6.45, 7) is 8.22. The summed E-state index contributed by atoms with van der Waals surface area (Å²) < 4.78 is 5.93. The minimum absolute atomic E-state index is 0.213. The largest absolute Gasteiger partial charge is 0.396 e. The average molecular weight is 559 g/mol. The molecule has 0 bridgehead atoms. The van der Waals surface area contributed by atoms with Crippen molar-refractivity contribution in [3.8, 4) is 0 Å². The fourth-order valence-corrected chi connectivity index (χ4v) is 5.28. The van der Waals surface area contributed by atoms with Gasteiger partial charge in [0.05, 0.1) is 0 Å². The molecule has 0 radical (unpaired) electrons. The van der Waals surface area contributed by atoms with Gasteiger partial charge >= 0.3 is 0 Å². The molecule has 6 heteroatoms. The van der Waals surface area contributed by atoms with E-state index in [2.05, 4.69) is 17.1 Å². The van der Waals surface area contributed by atoms with Crippen molar-refractivity contribution in [2.24, 2.45) is 0 Å². The fourth-order valence-electron chi connectivity index (χ4n) is 5.28. The Bertz CT molecular complexity index is 434. The number of hydrogen-bond donors (Lipinski definition) is 4. The zero-order chi connectivity index (χ0) is 28.5. The third-order valence-electron chi connectivity index (χ3n) is 7.81. The van der Waals surface area contributed by atoms with E-state index >= 15 is 0 Å². The van der Waals surface area contributed by atoms with Crippen LogP contribution in [-0.4, -0.2) is 85.5 Å². The van der Waals surface area contributed by atoms with E-state index in [0.717, 1.165) is 77.9 Å². The molecule has 0 spiro atoms. The molecule has 0 aliphatic rings. The molecule has 4 N–H and O–H groups in total. The van der Waals surface area contributed by atoms with Crippen molar-refractivity contribution in [1.82, 2.24) is 10.2 Å². The standard InChI is InChI=1S/C33H70N2O4/c1-2-3-4-5-6-7-8-9-10-11-12-13-14-15-16-17-31-39-32-18-22-33(34-24-19-28-36)23-27-35(25-20-29-37)26-21-30-38/h33-34,36-38H,2-32H2,1H3. The van der Waals surface area contributed by atoms with E-state index < -0.39 is 0 Å². The number of nitrogens with zero attached hydrogens (tertiary/aromatic N) is 1. The monoisotopic (exact) mass is 559 g/mol. The quantitative estimate of drug-likeness (QED) is 0.0647. The van der Waals surface area contributed by atoms with Gasteiger partial charge in [-0.1, -0.05) is 103 Å². The summed E-state index contributed by atoms with van der Waals surface area (Å²) in [7, 11) is 0. The highest BCUT2D eigenvalue weighted by Gasteiger charge is 2.11. The Hall–Kier alpha value is -0.240. The van der Waals surface area contributed by atoms with Crippen LogP contribution in [0.25, 0.3) is 0 Å². The molecule has 0 aliphatic carbocycles. The molecule has 0 aliphatic heterocycles. The van der Waals surface area contributed by atoms with Gasteiger partial charge in [0.15, 0.2) is 0 Å². The third kappa shape index (κ3) is 30.5. The van der Waals surface area contributed by atoms with Crippen LogP contribution in [0.4, 0.5) is 0 Å². The second-order valence-electron chi connectivity index (χ2n) is 11.6. The number of aliphatic hydroxyl groups is 3. The van der Waals surface area contributed by atoms with Gasteiger partial charge in [-0.05, 0) is 58.0 Å². The minimum atomic E-state index is 0.213. The van der Waals surface area contributed by atoms with Crippen molar-refractivity contribution in [1.29, 1.82) is 0 Å². The molecule has 1 atom stereocenters. The molecule has 0 heterocycles. The van der Waals surface area contributed by atoms with Gasteiger partial charge in [0.2, 0.25) is 0 Å². The summed E-state index contributed by atoms with van der Waals surface area (Å²) in [5.41, 5.74) is 0. The molecule has 0 aromatic rings. The number of ether oxygens (including phenoxy) is 1. The predicted octanol–water partition coefficient (Wildman–Crippen LogP) is 6.84. The van der Waals surface area contributed by atoms with Gasteiger partial charge in [-0.25, -0.2) is 0 Å². The Kier molecular flexibility index (Phi) is 33.8. The van der Waals surface area contributed by atoms with Crippen LogP contribution in [0.5, 0.6) is 0 Å². The first-order valence-electron chi connectivity index (χ1n) is 17.1. The Morgan fingerprint density at radius 3 is 1.46 bits per heavy atom. The van der Waals surface area contributed by atoms with Crippen molar-refractivity contribution in [3.05, 3.63) is 0 Å². The molecule has 0 fully saturated rings. The highest BCUT2D eigenvalue weighted by molar-refractivity contribution is 4.70. The third-order valence-corrected chi connectivity index (χ3v) is 7.81. The molecule has 39 heavy (non-hydrogen) atoms. The molecule has 0 aromatic carbocycles. The molecule has 236 valence electrons. The van der Waals surface area contributed by atoms with Crippen molar-refractivity contribution in [3.63, 3.8) is 0 Å². The van der Waals surface area contributed by atoms with E-state index in [9.17, 15) is 0 Å². The summed E-state index contributed by atoms with van der Waals surface area (Å²) in [4.78, 5) is 2.35. The molecule has 0 aromatic heterocycles. The normalized spacial score (nSPS) is 12.5. The first-order valence-corrected chi connectivity index (χ1v) is 17.1. The SMILES string of the molecule is CCCCCCCCCCCCCCCCCCOCCCC(CCN(CCCO)CCCO)NCCCO. The summed E-state index contributed by atoms with van der Waals surface area (Å²) >= 11 is 0. The Morgan fingerprint density at radius 2 is 0.974 bits per heavy atom. The lowest BCUT2D eigenvalue weighted by atomic mass is 10.0. The van der Waals surface area contributed by atoms with Crippen LogP contribution in [0.15, 0.2) is 0 Å². The van der Waals surface area contributed by atoms with Crippen LogP contribution < -0.4 is 5.32 Å². The zero-order valence-electron chi connectivity index (χ0n) is 26.2. The van der Waals surface area contributed by atoms with Crippen LogP contribution >= 0.6 is 0 Å². The number of rotatable bonds is 34. The lowest BCUT2D eigenvalue weighted by molar-refractivity contribution is 0.122. The van der Waals surface area contributed by atoms with Gasteiger partial charge in [-0.3, -0.25) is 0 Å². The molecule has 6 nitrogen and oxygen atoms in total. The van der Waals surface area contributed by atoms with Crippen LogP contribution in [0.2, 0.25) is 0 Å². The van der Waals surface area contributed by atoms with Gasteiger partial charge in [0.25, 0.3) is 0 Å². The molecular weight excluding hydrogens is 488 g/mol. The van der Waals surface area contributed by atoms with E-state index in [1.165, 1.54) is 103 Å². The number of hydrogen-bond acceptors (Lipinski definition) is 6. The van der Waals surface area contributed by atoms with E-state index in [-0.39, 0.29) is 19.8 Å². The molecule has 0 saturated carbocycles. The number of unbranched alkanes of at least 4 members (excludes halogenated alkanes) is 15. The highest BCUT2D eigenvalue weighted by atomic mass is 16.5. The van der Waals surface area contributed by atoms with Crippen molar-refractivity contribution >= 4 is 0 Å². The Balaban J connectivity index is 3.66. The van der Waals surface area contributed by atoms with Gasteiger partial charge in [0.1, 0.15) is 0 Å². The second-order valence-corrected chi connectivity index (χ2v) is 11.6. The summed E-state index contributed by atoms with van der Waals surface area (Å²) in [5, 5.41) is 31.1. The first kappa shape index (κ1) is 38.8. The van der Waals surface area contributed by atoms with Crippen LogP contribution in [0.3, 0.4) is 0 Å². The maximum absolute atomic E-state index is 9.17. The molecule has 0 amide bonds. The summed E-state index contributed by atoms with van der Waals surface area (Å²) in [6.07, 6.45) is 27.9. The number of nitrogens with one attached hydrogen (secondary N) is 1. The zero-order valence-corrected chi connectivity index (χ0v) is 26.2. The fraction of sp³-hybridized carbons (Fsp3) is 1.00. The van der Waals surface area contributed by atoms with E-state index in [0.29, 0.717) is 6.04 Å². The summed E-state index contributed by atoms with van der Waals surface area (Å²) in [5.74, 6) is 0. The Morgan fingerprint density at radius 1 is 0.513 bits per heavy atom. The van der Waals surface area contributed by atoms with Gasteiger partial charge in [-0.2, -0.15) is 0 Å². The second kappa shape index (κ2) is 34.0. The van der Waals surface area contributed by atoms with Crippen LogP contribution in [-0.2, 0) is 4.74 Å². The van der Waals surface area contributed by atoms with Gasteiger partial charge in [-0.15, -0.1) is 0 Å².